The predicted octanol–water partition coefficient (Wildman–Crippen LogP) is 2.97. The molecule has 0 atom stereocenters. The number of aliphatic carboxylic acids is 1. The minimum atomic E-state index is -0.986. The molecule has 3 N–H and O–H groups in total. The molecule has 0 aromatic heterocycles. The number of benzene rings is 2. The highest BCUT2D eigenvalue weighted by atomic mass is 16.5. The van der Waals surface area contributed by atoms with E-state index in [9.17, 15) is 9.59 Å². The zero-order valence-corrected chi connectivity index (χ0v) is 12.0. The Morgan fingerprint density at radius 1 is 1.05 bits per heavy atom. The Bertz CT molecular complexity index is 671. The number of carbonyl (C=O) groups excluding carboxylic acids is 1. The number of para-hydroxylation sites is 2. The SMILES string of the molecule is COc1cccc(CC(=O)O)c1NC(=O)Nc1ccccc1. The lowest BCUT2D eigenvalue weighted by molar-refractivity contribution is -0.136. The van der Waals surface area contributed by atoms with E-state index in [1.54, 1.807) is 42.5 Å². The summed E-state index contributed by atoms with van der Waals surface area (Å²) in [5.74, 6) is -0.582. The molecule has 0 saturated carbocycles. The molecule has 6 heteroatoms. The van der Waals surface area contributed by atoms with Crippen molar-refractivity contribution < 1.29 is 19.4 Å². The number of ether oxygens (including phenoxy) is 1. The average molecular weight is 300 g/mol. The van der Waals surface area contributed by atoms with Crippen LogP contribution in [0.4, 0.5) is 16.2 Å². The molecule has 2 aromatic rings. The highest BCUT2D eigenvalue weighted by molar-refractivity contribution is 6.01. The number of anilines is 2. The molecule has 2 rings (SSSR count). The monoisotopic (exact) mass is 300 g/mol. The maximum absolute atomic E-state index is 12.1. The number of carbonyl (C=O) groups is 2. The van der Waals surface area contributed by atoms with Gasteiger partial charge in [-0.05, 0) is 23.8 Å². The summed E-state index contributed by atoms with van der Waals surface area (Å²) in [6.45, 7) is 0. The Labute approximate surface area is 127 Å². The van der Waals surface area contributed by atoms with Crippen LogP contribution in [0.5, 0.6) is 5.75 Å². The molecule has 0 aliphatic rings. The van der Waals surface area contributed by atoms with Crippen LogP contribution in [0, 0.1) is 0 Å². The van der Waals surface area contributed by atoms with Gasteiger partial charge in [0.05, 0.1) is 19.2 Å². The Balaban J connectivity index is 2.20. The van der Waals surface area contributed by atoms with Gasteiger partial charge in [0.1, 0.15) is 5.75 Å². The molecule has 22 heavy (non-hydrogen) atoms. The number of rotatable bonds is 5. The van der Waals surface area contributed by atoms with Gasteiger partial charge in [0.25, 0.3) is 0 Å². The molecule has 0 heterocycles. The third-order valence-corrected chi connectivity index (χ3v) is 2.94. The van der Waals surface area contributed by atoms with Crippen LogP contribution >= 0.6 is 0 Å². The van der Waals surface area contributed by atoms with Crippen molar-refractivity contribution in [2.75, 3.05) is 17.7 Å². The number of hydrogen-bond donors (Lipinski definition) is 3. The zero-order chi connectivity index (χ0) is 15.9. The largest absolute Gasteiger partial charge is 0.495 e. The van der Waals surface area contributed by atoms with Crippen molar-refractivity contribution in [2.45, 2.75) is 6.42 Å². The van der Waals surface area contributed by atoms with Gasteiger partial charge in [0.2, 0.25) is 0 Å². The highest BCUT2D eigenvalue weighted by Gasteiger charge is 2.14. The van der Waals surface area contributed by atoms with E-state index in [0.717, 1.165) is 0 Å². The van der Waals surface area contributed by atoms with Crippen molar-refractivity contribution in [1.82, 2.24) is 0 Å². The summed E-state index contributed by atoms with van der Waals surface area (Å²) in [6, 6.07) is 13.4. The third-order valence-electron chi connectivity index (χ3n) is 2.94. The van der Waals surface area contributed by atoms with Gasteiger partial charge in [-0.3, -0.25) is 4.79 Å². The molecular weight excluding hydrogens is 284 g/mol. The number of carboxylic acids is 1. The van der Waals surface area contributed by atoms with Crippen molar-refractivity contribution in [3.63, 3.8) is 0 Å². The molecular formula is C16H16N2O4. The fourth-order valence-electron chi connectivity index (χ4n) is 2.00. The molecule has 2 amide bonds. The quantitative estimate of drug-likeness (QED) is 0.792. The van der Waals surface area contributed by atoms with Crippen LogP contribution in [-0.2, 0) is 11.2 Å². The lowest BCUT2D eigenvalue weighted by Crippen LogP contribution is -2.21. The number of urea groups is 1. The number of nitrogens with one attached hydrogen (secondary N) is 2. The number of amides is 2. The summed E-state index contributed by atoms with van der Waals surface area (Å²) < 4.78 is 5.18. The summed E-state index contributed by atoms with van der Waals surface area (Å²) in [7, 11) is 1.46. The van der Waals surface area contributed by atoms with E-state index >= 15 is 0 Å². The fourth-order valence-corrected chi connectivity index (χ4v) is 2.00. The van der Waals surface area contributed by atoms with Gasteiger partial charge < -0.3 is 20.5 Å². The molecule has 2 aromatic carbocycles. The zero-order valence-electron chi connectivity index (χ0n) is 12.0. The standard InChI is InChI=1S/C16H16N2O4/c1-22-13-9-5-6-11(10-14(19)20)15(13)18-16(21)17-12-7-3-2-4-8-12/h2-9H,10H2,1H3,(H,19,20)(H2,17,18,21). The first-order valence-corrected chi connectivity index (χ1v) is 6.61. The predicted molar refractivity (Wildman–Crippen MR) is 83.4 cm³/mol. The van der Waals surface area contributed by atoms with Gasteiger partial charge in [-0.15, -0.1) is 0 Å². The van der Waals surface area contributed by atoms with Crippen LogP contribution in [0.15, 0.2) is 48.5 Å². The Morgan fingerprint density at radius 2 is 1.77 bits per heavy atom. The minimum absolute atomic E-state index is 0.210. The lowest BCUT2D eigenvalue weighted by Gasteiger charge is -2.14. The summed E-state index contributed by atoms with van der Waals surface area (Å²) >= 11 is 0. The van der Waals surface area contributed by atoms with Gasteiger partial charge in [-0.1, -0.05) is 30.3 Å². The van der Waals surface area contributed by atoms with Crippen LogP contribution in [0.3, 0.4) is 0 Å². The summed E-state index contributed by atoms with van der Waals surface area (Å²) in [4.78, 5) is 23.0. The van der Waals surface area contributed by atoms with Gasteiger partial charge in [0.15, 0.2) is 0 Å². The Hall–Kier alpha value is -3.02. The second-order valence-corrected chi connectivity index (χ2v) is 4.51. The van der Waals surface area contributed by atoms with Crippen molar-refractivity contribution in [3.05, 3.63) is 54.1 Å². The fraction of sp³-hybridized carbons (Fsp3) is 0.125. The molecule has 114 valence electrons. The lowest BCUT2D eigenvalue weighted by atomic mass is 10.1. The first-order valence-electron chi connectivity index (χ1n) is 6.61. The van der Waals surface area contributed by atoms with Gasteiger partial charge in [0, 0.05) is 5.69 Å². The van der Waals surface area contributed by atoms with Gasteiger partial charge in [-0.2, -0.15) is 0 Å². The van der Waals surface area contributed by atoms with E-state index in [0.29, 0.717) is 22.7 Å². The van der Waals surface area contributed by atoms with Crippen LogP contribution in [0.25, 0.3) is 0 Å². The molecule has 0 aliphatic carbocycles. The maximum atomic E-state index is 12.1. The molecule has 0 aliphatic heterocycles. The van der Waals surface area contributed by atoms with Gasteiger partial charge >= 0.3 is 12.0 Å². The van der Waals surface area contributed by atoms with Crippen LogP contribution in [0.2, 0.25) is 0 Å². The summed E-state index contributed by atoms with van der Waals surface area (Å²) in [6.07, 6.45) is -0.210. The molecule has 0 bridgehead atoms. The third kappa shape index (κ3) is 3.99. The van der Waals surface area contributed by atoms with E-state index in [4.69, 9.17) is 9.84 Å². The van der Waals surface area contributed by atoms with E-state index < -0.39 is 12.0 Å². The second kappa shape index (κ2) is 7.12. The maximum Gasteiger partial charge on any atom is 0.323 e. The first kappa shape index (κ1) is 15.4. The van der Waals surface area contributed by atoms with E-state index in [2.05, 4.69) is 10.6 Å². The summed E-state index contributed by atoms with van der Waals surface area (Å²) in [5.41, 5.74) is 1.45. The van der Waals surface area contributed by atoms with E-state index in [1.807, 2.05) is 6.07 Å². The first-order chi connectivity index (χ1) is 10.6. The normalized spacial score (nSPS) is 9.86. The molecule has 6 nitrogen and oxygen atoms in total. The van der Waals surface area contributed by atoms with Crippen LogP contribution in [0.1, 0.15) is 5.56 Å². The Morgan fingerprint density at radius 3 is 2.41 bits per heavy atom. The molecule has 0 saturated heterocycles. The van der Waals surface area contributed by atoms with Crippen molar-refractivity contribution in [1.29, 1.82) is 0 Å². The van der Waals surface area contributed by atoms with E-state index in [-0.39, 0.29) is 6.42 Å². The van der Waals surface area contributed by atoms with Crippen LogP contribution < -0.4 is 15.4 Å². The average Bonchev–Trinajstić information content (AvgIpc) is 2.49. The molecule has 0 spiro atoms. The van der Waals surface area contributed by atoms with Crippen LogP contribution in [-0.4, -0.2) is 24.2 Å². The van der Waals surface area contributed by atoms with E-state index in [1.165, 1.54) is 7.11 Å². The number of carboxylic acid groups (broad SMARTS) is 1. The number of hydrogen-bond acceptors (Lipinski definition) is 3. The molecule has 0 radical (unpaired) electrons. The molecule has 0 fully saturated rings. The number of methoxy groups -OCH3 is 1. The second-order valence-electron chi connectivity index (χ2n) is 4.51. The Kier molecular flexibility index (Phi) is 4.98. The highest BCUT2D eigenvalue weighted by Crippen LogP contribution is 2.29. The summed E-state index contributed by atoms with van der Waals surface area (Å²) in [5, 5.41) is 14.3. The topological polar surface area (TPSA) is 87.7 Å². The van der Waals surface area contributed by atoms with Gasteiger partial charge in [-0.25, -0.2) is 4.79 Å². The molecule has 0 unspecified atom stereocenters. The van der Waals surface area contributed by atoms with Crippen molar-refractivity contribution in [3.8, 4) is 5.75 Å². The minimum Gasteiger partial charge on any atom is -0.495 e. The smallest absolute Gasteiger partial charge is 0.323 e. The van der Waals surface area contributed by atoms with Crippen molar-refractivity contribution in [2.24, 2.45) is 0 Å². The van der Waals surface area contributed by atoms with Crippen molar-refractivity contribution >= 4 is 23.4 Å².